The number of fused-ring (bicyclic) bond motifs is 3. The maximum atomic E-state index is 6.47. The number of nitrogens with zero attached hydrogens (tertiary/aromatic N) is 1. The van der Waals surface area contributed by atoms with Gasteiger partial charge in [0.15, 0.2) is 0 Å². The molecule has 1 aliphatic carbocycles. The topological polar surface area (TPSA) is 4.93 Å². The third-order valence-electron chi connectivity index (χ3n) is 6.34. The highest BCUT2D eigenvalue weighted by atomic mass is 35.5. The van der Waals surface area contributed by atoms with Crippen molar-refractivity contribution in [3.8, 4) is 16.8 Å². The van der Waals surface area contributed by atoms with Crippen molar-refractivity contribution < 1.29 is 0 Å². The molecule has 2 heteroatoms. The van der Waals surface area contributed by atoms with Crippen molar-refractivity contribution in [1.29, 1.82) is 0 Å². The number of halogens is 1. The Labute approximate surface area is 193 Å². The Balaban J connectivity index is 1.56. The predicted octanol–water partition coefficient (Wildman–Crippen LogP) is 8.33. The van der Waals surface area contributed by atoms with Gasteiger partial charge >= 0.3 is 0 Å². The Bertz CT molecular complexity index is 1440. The van der Waals surface area contributed by atoms with Crippen LogP contribution in [-0.4, -0.2) is 4.57 Å². The van der Waals surface area contributed by atoms with Crippen molar-refractivity contribution in [2.75, 3.05) is 0 Å². The summed E-state index contributed by atoms with van der Waals surface area (Å²) in [6, 6.07) is 36.4. The van der Waals surface area contributed by atoms with Crippen LogP contribution in [0.3, 0.4) is 0 Å². The lowest BCUT2D eigenvalue weighted by Gasteiger charge is -2.18. The molecular weight excluding hydrogens is 410 g/mol. The standard InChI is InChI=1S/C30H22ClN/c31-24-16-19-28-27(20-24)30-26(23-10-5-2-6-11-23)12-7-13-29(30)32(28)25-17-14-22(15-18-25)21-8-3-1-4-9-21/h1-6,8-12,14-20H,7,13H2. The monoisotopic (exact) mass is 431 g/mol. The Kier molecular flexibility index (Phi) is 4.70. The molecule has 1 aromatic heterocycles. The predicted molar refractivity (Wildman–Crippen MR) is 136 cm³/mol. The highest BCUT2D eigenvalue weighted by Gasteiger charge is 2.24. The zero-order valence-corrected chi connectivity index (χ0v) is 18.4. The summed E-state index contributed by atoms with van der Waals surface area (Å²) >= 11 is 6.47. The van der Waals surface area contributed by atoms with Gasteiger partial charge in [-0.25, -0.2) is 0 Å². The summed E-state index contributed by atoms with van der Waals surface area (Å²) in [4.78, 5) is 0. The van der Waals surface area contributed by atoms with Crippen molar-refractivity contribution in [3.63, 3.8) is 0 Å². The lowest BCUT2D eigenvalue weighted by molar-refractivity contribution is 0.884. The van der Waals surface area contributed by atoms with Crippen molar-refractivity contribution in [2.24, 2.45) is 0 Å². The molecule has 0 atom stereocenters. The summed E-state index contributed by atoms with van der Waals surface area (Å²) in [5.74, 6) is 0. The quantitative estimate of drug-likeness (QED) is 0.270. The van der Waals surface area contributed by atoms with E-state index in [9.17, 15) is 0 Å². The first kappa shape index (κ1) is 19.2. The Morgan fingerprint density at radius 2 is 1.31 bits per heavy atom. The average Bonchev–Trinajstić information content (AvgIpc) is 3.19. The normalized spacial score (nSPS) is 13.1. The molecule has 1 heterocycles. The van der Waals surface area contributed by atoms with Gasteiger partial charge in [-0.1, -0.05) is 90.5 Å². The molecule has 0 bridgehead atoms. The van der Waals surface area contributed by atoms with Crippen LogP contribution in [-0.2, 0) is 6.42 Å². The fourth-order valence-corrected chi connectivity index (χ4v) is 5.09. The number of hydrogen-bond acceptors (Lipinski definition) is 0. The van der Waals surface area contributed by atoms with Gasteiger partial charge in [-0.15, -0.1) is 0 Å². The first-order valence-electron chi connectivity index (χ1n) is 11.0. The third kappa shape index (κ3) is 3.18. The number of benzene rings is 4. The van der Waals surface area contributed by atoms with Crippen LogP contribution in [0.25, 0.3) is 33.3 Å². The molecule has 0 amide bonds. The smallest absolute Gasteiger partial charge is 0.0538 e. The van der Waals surface area contributed by atoms with Gasteiger partial charge < -0.3 is 4.57 Å². The van der Waals surface area contributed by atoms with Crippen LogP contribution in [0.1, 0.15) is 23.2 Å². The molecule has 0 radical (unpaired) electrons. The second kappa shape index (κ2) is 7.85. The average molecular weight is 432 g/mol. The molecule has 1 aliphatic rings. The highest BCUT2D eigenvalue weighted by Crippen LogP contribution is 2.41. The molecule has 4 aromatic carbocycles. The fraction of sp³-hybridized carbons (Fsp3) is 0.0667. The lowest BCUT2D eigenvalue weighted by atomic mass is 9.89. The van der Waals surface area contributed by atoms with Gasteiger partial charge in [-0.3, -0.25) is 0 Å². The summed E-state index contributed by atoms with van der Waals surface area (Å²) in [5.41, 5.74) is 10.1. The van der Waals surface area contributed by atoms with Crippen LogP contribution in [0, 0.1) is 0 Å². The third-order valence-corrected chi connectivity index (χ3v) is 6.58. The van der Waals surface area contributed by atoms with Crippen molar-refractivity contribution in [2.45, 2.75) is 12.8 Å². The molecule has 154 valence electrons. The van der Waals surface area contributed by atoms with E-state index in [0.717, 1.165) is 17.9 Å². The minimum absolute atomic E-state index is 0.773. The number of rotatable bonds is 3. The van der Waals surface area contributed by atoms with Gasteiger partial charge in [0.1, 0.15) is 0 Å². The molecule has 5 aromatic rings. The van der Waals surface area contributed by atoms with Gasteiger partial charge in [-0.2, -0.15) is 0 Å². The van der Waals surface area contributed by atoms with Gasteiger partial charge in [0.2, 0.25) is 0 Å². The van der Waals surface area contributed by atoms with Gasteiger partial charge in [0.25, 0.3) is 0 Å². The maximum absolute atomic E-state index is 6.47. The molecule has 0 aliphatic heterocycles. The minimum atomic E-state index is 0.773. The van der Waals surface area contributed by atoms with E-state index in [-0.39, 0.29) is 0 Å². The van der Waals surface area contributed by atoms with E-state index in [4.69, 9.17) is 11.6 Å². The Morgan fingerprint density at radius 3 is 2.03 bits per heavy atom. The maximum Gasteiger partial charge on any atom is 0.0538 e. The summed E-state index contributed by atoms with van der Waals surface area (Å²) < 4.78 is 2.42. The summed E-state index contributed by atoms with van der Waals surface area (Å²) in [5, 5.41) is 1.99. The van der Waals surface area contributed by atoms with Gasteiger partial charge in [-0.05, 0) is 65.4 Å². The van der Waals surface area contributed by atoms with Crippen molar-refractivity contribution in [3.05, 3.63) is 131 Å². The molecule has 6 rings (SSSR count). The van der Waals surface area contributed by atoms with Crippen LogP contribution in [0.4, 0.5) is 0 Å². The zero-order chi connectivity index (χ0) is 21.5. The van der Waals surface area contributed by atoms with E-state index in [1.165, 1.54) is 50.1 Å². The zero-order valence-electron chi connectivity index (χ0n) is 17.6. The van der Waals surface area contributed by atoms with E-state index in [2.05, 4.69) is 108 Å². The van der Waals surface area contributed by atoms with E-state index in [0.29, 0.717) is 0 Å². The van der Waals surface area contributed by atoms with Gasteiger partial charge in [0.05, 0.1) is 5.52 Å². The van der Waals surface area contributed by atoms with Crippen molar-refractivity contribution in [1.82, 2.24) is 4.57 Å². The van der Waals surface area contributed by atoms with Crippen molar-refractivity contribution >= 4 is 28.1 Å². The number of allylic oxidation sites excluding steroid dienone is 1. The molecule has 0 spiro atoms. The highest BCUT2D eigenvalue weighted by molar-refractivity contribution is 6.31. The molecule has 0 saturated heterocycles. The van der Waals surface area contributed by atoms with E-state index in [1.807, 2.05) is 6.07 Å². The molecular formula is C30H22ClN. The Hall–Kier alpha value is -3.55. The molecule has 1 nitrogen and oxygen atoms in total. The number of aromatic nitrogens is 1. The van der Waals surface area contributed by atoms with Crippen LogP contribution in [0.2, 0.25) is 5.02 Å². The number of hydrogen-bond donors (Lipinski definition) is 0. The molecule has 32 heavy (non-hydrogen) atoms. The van der Waals surface area contributed by atoms with Crippen LogP contribution in [0.15, 0.2) is 109 Å². The van der Waals surface area contributed by atoms with E-state index in [1.54, 1.807) is 0 Å². The second-order valence-corrected chi connectivity index (χ2v) is 8.69. The first-order valence-corrected chi connectivity index (χ1v) is 11.4. The summed E-state index contributed by atoms with van der Waals surface area (Å²) in [6.45, 7) is 0. The Morgan fingerprint density at radius 1 is 0.656 bits per heavy atom. The molecule has 0 saturated carbocycles. The SMILES string of the molecule is Clc1ccc2c(c1)c1c(n2-c2ccc(-c3ccccc3)cc2)CCC=C1c1ccccc1. The summed E-state index contributed by atoms with van der Waals surface area (Å²) in [7, 11) is 0. The fourth-order valence-electron chi connectivity index (χ4n) is 4.92. The molecule has 0 unspecified atom stereocenters. The van der Waals surface area contributed by atoms with E-state index < -0.39 is 0 Å². The first-order chi connectivity index (χ1) is 15.8. The lowest BCUT2D eigenvalue weighted by Crippen LogP contribution is -2.05. The molecule has 0 fully saturated rings. The summed E-state index contributed by atoms with van der Waals surface area (Å²) in [6.07, 6.45) is 4.42. The van der Waals surface area contributed by atoms with Gasteiger partial charge in [0, 0.05) is 27.4 Å². The largest absolute Gasteiger partial charge is 0.313 e. The van der Waals surface area contributed by atoms with Crippen LogP contribution >= 0.6 is 11.6 Å². The van der Waals surface area contributed by atoms with Crippen LogP contribution in [0.5, 0.6) is 0 Å². The minimum Gasteiger partial charge on any atom is -0.313 e. The second-order valence-electron chi connectivity index (χ2n) is 8.25. The van der Waals surface area contributed by atoms with E-state index >= 15 is 0 Å². The van der Waals surface area contributed by atoms with Crippen LogP contribution < -0.4 is 0 Å². The molecule has 0 N–H and O–H groups in total.